The second-order valence-electron chi connectivity index (χ2n) is 6.67. The average Bonchev–Trinajstić information content (AvgIpc) is 3.23. The summed E-state index contributed by atoms with van der Waals surface area (Å²) >= 11 is 3.46. The standard InChI is InChI=1S/C21H19BrFN3O2/c1-28-12-2-11-26-20(14-3-7-15(22)8-4-14)17-18(24-25-19(17)21(26)27)13-5-9-16(23)10-6-13/h3-10,20H,2,11-12H2,1H3,(H,24,25). The molecule has 144 valence electrons. The third-order valence-corrected chi connectivity index (χ3v) is 5.44. The molecule has 2 heterocycles. The van der Waals surface area contributed by atoms with Crippen molar-refractivity contribution in [2.45, 2.75) is 12.5 Å². The highest BCUT2D eigenvalue weighted by Gasteiger charge is 2.41. The molecule has 0 bridgehead atoms. The van der Waals surface area contributed by atoms with E-state index in [2.05, 4.69) is 26.1 Å². The number of hydrogen-bond acceptors (Lipinski definition) is 3. The Morgan fingerprint density at radius 3 is 2.57 bits per heavy atom. The fourth-order valence-corrected chi connectivity index (χ4v) is 3.89. The molecule has 1 aromatic heterocycles. The maximum atomic E-state index is 13.4. The Balaban J connectivity index is 1.80. The molecule has 3 aromatic rings. The number of amides is 1. The number of fused-ring (bicyclic) bond motifs is 1. The van der Waals surface area contributed by atoms with Crippen LogP contribution >= 0.6 is 15.9 Å². The molecule has 0 saturated heterocycles. The molecule has 1 N–H and O–H groups in total. The molecular formula is C21H19BrFN3O2. The van der Waals surface area contributed by atoms with Gasteiger partial charge in [-0.1, -0.05) is 28.1 Å². The van der Waals surface area contributed by atoms with E-state index in [4.69, 9.17) is 4.74 Å². The van der Waals surface area contributed by atoms with Gasteiger partial charge in [0.1, 0.15) is 11.5 Å². The van der Waals surface area contributed by atoms with E-state index >= 15 is 0 Å². The average molecular weight is 444 g/mol. The number of nitrogens with zero attached hydrogens (tertiary/aromatic N) is 2. The summed E-state index contributed by atoms with van der Waals surface area (Å²) in [6.07, 6.45) is 0.735. The number of ether oxygens (including phenoxy) is 1. The number of aromatic nitrogens is 2. The second-order valence-corrected chi connectivity index (χ2v) is 7.58. The summed E-state index contributed by atoms with van der Waals surface area (Å²) in [5.74, 6) is -0.391. The van der Waals surface area contributed by atoms with Crippen molar-refractivity contribution in [2.24, 2.45) is 0 Å². The molecule has 1 aliphatic rings. The van der Waals surface area contributed by atoms with Gasteiger partial charge in [0.15, 0.2) is 0 Å². The number of benzene rings is 2. The summed E-state index contributed by atoms with van der Waals surface area (Å²) in [7, 11) is 1.65. The van der Waals surface area contributed by atoms with E-state index in [1.807, 2.05) is 29.2 Å². The maximum Gasteiger partial charge on any atom is 0.273 e. The quantitative estimate of drug-likeness (QED) is 0.568. The number of H-pyrrole nitrogens is 1. The van der Waals surface area contributed by atoms with Gasteiger partial charge < -0.3 is 9.64 Å². The fraction of sp³-hybridized carbons (Fsp3) is 0.238. The van der Waals surface area contributed by atoms with Crippen LogP contribution in [0.1, 0.15) is 34.1 Å². The van der Waals surface area contributed by atoms with Gasteiger partial charge in [0.05, 0.1) is 11.7 Å². The first kappa shape index (κ1) is 18.8. The van der Waals surface area contributed by atoms with E-state index < -0.39 is 0 Å². The molecule has 0 fully saturated rings. The van der Waals surface area contributed by atoms with Gasteiger partial charge in [0.25, 0.3) is 5.91 Å². The number of rotatable bonds is 6. The lowest BCUT2D eigenvalue weighted by Gasteiger charge is -2.26. The molecule has 7 heteroatoms. The third kappa shape index (κ3) is 3.36. The zero-order valence-electron chi connectivity index (χ0n) is 15.3. The number of aromatic amines is 1. The summed E-state index contributed by atoms with van der Waals surface area (Å²) < 4.78 is 19.5. The maximum absolute atomic E-state index is 13.4. The van der Waals surface area contributed by atoms with Crippen LogP contribution in [0.25, 0.3) is 11.3 Å². The van der Waals surface area contributed by atoms with Gasteiger partial charge in [0, 0.05) is 35.9 Å². The van der Waals surface area contributed by atoms with Crippen LogP contribution in [0.2, 0.25) is 0 Å². The van der Waals surface area contributed by atoms with Crippen LogP contribution in [0.5, 0.6) is 0 Å². The van der Waals surface area contributed by atoms with E-state index in [1.165, 1.54) is 12.1 Å². The van der Waals surface area contributed by atoms with E-state index in [0.29, 0.717) is 24.5 Å². The number of methoxy groups -OCH3 is 1. The largest absolute Gasteiger partial charge is 0.385 e. The molecule has 0 radical (unpaired) electrons. The van der Waals surface area contributed by atoms with E-state index in [9.17, 15) is 9.18 Å². The van der Waals surface area contributed by atoms with Crippen molar-refractivity contribution in [1.29, 1.82) is 0 Å². The normalized spacial score (nSPS) is 15.9. The number of hydrogen-bond donors (Lipinski definition) is 1. The predicted octanol–water partition coefficient (Wildman–Crippen LogP) is 4.56. The van der Waals surface area contributed by atoms with Crippen LogP contribution in [0.3, 0.4) is 0 Å². The Bertz CT molecular complexity index is 986. The molecule has 1 unspecified atom stereocenters. The van der Waals surface area contributed by atoms with E-state index in [1.54, 1.807) is 19.2 Å². The van der Waals surface area contributed by atoms with Gasteiger partial charge in [-0.25, -0.2) is 4.39 Å². The first-order chi connectivity index (χ1) is 13.6. The Kier molecular flexibility index (Phi) is 5.28. The van der Waals surface area contributed by atoms with Gasteiger partial charge in [0.2, 0.25) is 0 Å². The van der Waals surface area contributed by atoms with Gasteiger partial charge in [-0.2, -0.15) is 5.10 Å². The number of halogens is 2. The molecule has 0 spiro atoms. The molecule has 1 aliphatic heterocycles. The zero-order chi connectivity index (χ0) is 19.7. The van der Waals surface area contributed by atoms with Crippen molar-refractivity contribution >= 4 is 21.8 Å². The Morgan fingerprint density at radius 1 is 1.18 bits per heavy atom. The molecule has 0 aliphatic carbocycles. The van der Waals surface area contributed by atoms with Crippen molar-refractivity contribution < 1.29 is 13.9 Å². The lowest BCUT2D eigenvalue weighted by atomic mass is 9.96. The first-order valence-corrected chi connectivity index (χ1v) is 9.79. The van der Waals surface area contributed by atoms with Crippen LogP contribution in [0, 0.1) is 5.82 Å². The molecule has 1 atom stereocenters. The summed E-state index contributed by atoms with van der Waals surface area (Å²) in [6, 6.07) is 13.8. The van der Waals surface area contributed by atoms with Crippen LogP contribution in [0.15, 0.2) is 53.0 Å². The van der Waals surface area contributed by atoms with Crippen molar-refractivity contribution in [3.63, 3.8) is 0 Å². The lowest BCUT2D eigenvalue weighted by Crippen LogP contribution is -2.31. The number of carbonyl (C=O) groups is 1. The fourth-order valence-electron chi connectivity index (χ4n) is 3.63. The minimum atomic E-state index is -0.308. The predicted molar refractivity (Wildman–Crippen MR) is 107 cm³/mol. The monoisotopic (exact) mass is 443 g/mol. The van der Waals surface area contributed by atoms with Gasteiger partial charge in [-0.3, -0.25) is 9.89 Å². The smallest absolute Gasteiger partial charge is 0.273 e. The molecule has 0 saturated carbocycles. The van der Waals surface area contributed by atoms with Gasteiger partial charge in [-0.05, 0) is 48.4 Å². The van der Waals surface area contributed by atoms with Crippen LogP contribution in [-0.2, 0) is 4.74 Å². The van der Waals surface area contributed by atoms with Crippen molar-refractivity contribution in [1.82, 2.24) is 15.1 Å². The topological polar surface area (TPSA) is 58.2 Å². The summed E-state index contributed by atoms with van der Waals surface area (Å²) in [5, 5.41) is 7.29. The highest BCUT2D eigenvalue weighted by atomic mass is 79.9. The SMILES string of the molecule is COCCCN1C(=O)c2[nH]nc(-c3ccc(F)cc3)c2C1c1ccc(Br)cc1. The Hall–Kier alpha value is -2.51. The van der Waals surface area contributed by atoms with Crippen LogP contribution < -0.4 is 0 Å². The lowest BCUT2D eigenvalue weighted by molar-refractivity contribution is 0.0723. The highest BCUT2D eigenvalue weighted by molar-refractivity contribution is 9.10. The molecule has 2 aromatic carbocycles. The second kappa shape index (κ2) is 7.85. The molecular weight excluding hydrogens is 425 g/mol. The van der Waals surface area contributed by atoms with E-state index in [0.717, 1.165) is 27.6 Å². The van der Waals surface area contributed by atoms with Crippen molar-refractivity contribution in [2.75, 3.05) is 20.3 Å². The third-order valence-electron chi connectivity index (χ3n) is 4.91. The van der Waals surface area contributed by atoms with Crippen LogP contribution in [-0.4, -0.2) is 41.3 Å². The number of nitrogens with one attached hydrogen (secondary N) is 1. The summed E-state index contributed by atoms with van der Waals surface area (Å²) in [6.45, 7) is 1.15. The number of carbonyl (C=O) groups excluding carboxylic acids is 1. The van der Waals surface area contributed by atoms with Gasteiger partial charge in [-0.15, -0.1) is 0 Å². The van der Waals surface area contributed by atoms with E-state index in [-0.39, 0.29) is 17.8 Å². The molecule has 5 nitrogen and oxygen atoms in total. The summed E-state index contributed by atoms with van der Waals surface area (Å²) in [5.41, 5.74) is 3.76. The first-order valence-electron chi connectivity index (χ1n) is 8.99. The van der Waals surface area contributed by atoms with Crippen molar-refractivity contribution in [3.8, 4) is 11.3 Å². The molecule has 4 rings (SSSR count). The highest BCUT2D eigenvalue weighted by Crippen LogP contribution is 2.42. The van der Waals surface area contributed by atoms with Gasteiger partial charge >= 0.3 is 0 Å². The summed E-state index contributed by atoms with van der Waals surface area (Å²) in [4.78, 5) is 14.9. The minimum Gasteiger partial charge on any atom is -0.385 e. The molecule has 1 amide bonds. The van der Waals surface area contributed by atoms with Crippen LogP contribution in [0.4, 0.5) is 4.39 Å². The molecule has 28 heavy (non-hydrogen) atoms. The van der Waals surface area contributed by atoms with Crippen molar-refractivity contribution in [3.05, 3.63) is 75.6 Å². The Labute approximate surface area is 170 Å². The minimum absolute atomic E-state index is 0.0834. The zero-order valence-corrected chi connectivity index (χ0v) is 16.9. The Morgan fingerprint density at radius 2 is 1.89 bits per heavy atom.